The van der Waals surface area contributed by atoms with Gasteiger partial charge in [0.15, 0.2) is 0 Å². The van der Waals surface area contributed by atoms with E-state index in [0.717, 1.165) is 0 Å². The van der Waals surface area contributed by atoms with Crippen LogP contribution in [0.4, 0.5) is 5.69 Å². The van der Waals surface area contributed by atoms with E-state index in [-0.39, 0.29) is 18.4 Å². The molecule has 7 nitrogen and oxygen atoms in total. The van der Waals surface area contributed by atoms with Crippen LogP contribution in [0.15, 0.2) is 72.8 Å². The number of carbonyl (C=O) groups is 2. The van der Waals surface area contributed by atoms with Crippen LogP contribution in [0.1, 0.15) is 10.4 Å². The standard InChI is InChI=1S/C23H22N2O5/c1-28-19-12-13-21(29-2)20(14-19)25-22(26)15-24-23(27)16-8-10-18(11-9-16)30-17-6-4-3-5-7-17/h3-14H,15H2,1-2H3,(H,24,27)(H,25,26). The summed E-state index contributed by atoms with van der Waals surface area (Å²) in [6.45, 7) is -0.193. The Morgan fingerprint density at radius 3 is 2.13 bits per heavy atom. The molecule has 2 N–H and O–H groups in total. The molecule has 0 spiro atoms. The summed E-state index contributed by atoms with van der Waals surface area (Å²) in [5.74, 6) is 1.63. The predicted octanol–water partition coefficient (Wildman–Crippen LogP) is 3.86. The number of methoxy groups -OCH3 is 2. The number of carbonyl (C=O) groups excluding carboxylic acids is 2. The van der Waals surface area contributed by atoms with Crippen LogP contribution in [0.5, 0.6) is 23.0 Å². The van der Waals surface area contributed by atoms with Crippen LogP contribution in [-0.2, 0) is 4.79 Å². The average Bonchev–Trinajstić information content (AvgIpc) is 2.78. The van der Waals surface area contributed by atoms with Gasteiger partial charge in [-0.25, -0.2) is 0 Å². The molecule has 0 unspecified atom stereocenters. The monoisotopic (exact) mass is 406 g/mol. The highest BCUT2D eigenvalue weighted by atomic mass is 16.5. The minimum atomic E-state index is -0.390. The van der Waals surface area contributed by atoms with E-state index in [4.69, 9.17) is 14.2 Å². The molecular formula is C23H22N2O5. The second-order valence-electron chi connectivity index (χ2n) is 6.24. The van der Waals surface area contributed by atoms with Gasteiger partial charge in [-0.1, -0.05) is 18.2 Å². The first kappa shape index (κ1) is 20.7. The van der Waals surface area contributed by atoms with Crippen LogP contribution >= 0.6 is 0 Å². The molecular weight excluding hydrogens is 384 g/mol. The maximum Gasteiger partial charge on any atom is 0.251 e. The van der Waals surface area contributed by atoms with Gasteiger partial charge in [-0.2, -0.15) is 0 Å². The first-order valence-electron chi connectivity index (χ1n) is 9.22. The van der Waals surface area contributed by atoms with Gasteiger partial charge in [0.1, 0.15) is 23.0 Å². The van der Waals surface area contributed by atoms with Crippen LogP contribution in [-0.4, -0.2) is 32.6 Å². The van der Waals surface area contributed by atoms with Crippen molar-refractivity contribution in [3.8, 4) is 23.0 Å². The van der Waals surface area contributed by atoms with E-state index in [2.05, 4.69) is 10.6 Å². The van der Waals surface area contributed by atoms with Gasteiger partial charge >= 0.3 is 0 Å². The minimum absolute atomic E-state index is 0.193. The van der Waals surface area contributed by atoms with Gasteiger partial charge in [0.2, 0.25) is 5.91 Å². The molecule has 7 heteroatoms. The molecule has 0 aromatic heterocycles. The largest absolute Gasteiger partial charge is 0.497 e. The third kappa shape index (κ3) is 5.51. The summed E-state index contributed by atoms with van der Waals surface area (Å²) in [5.41, 5.74) is 0.876. The molecule has 0 bridgehead atoms. The lowest BCUT2D eigenvalue weighted by molar-refractivity contribution is -0.115. The van der Waals surface area contributed by atoms with Gasteiger partial charge in [0.25, 0.3) is 5.91 Å². The Balaban J connectivity index is 1.54. The molecule has 3 aromatic rings. The Kier molecular flexibility index (Phi) is 6.89. The number of hydrogen-bond donors (Lipinski definition) is 2. The first-order chi connectivity index (χ1) is 14.6. The van der Waals surface area contributed by atoms with Crippen LogP contribution in [0.3, 0.4) is 0 Å². The number of nitrogens with one attached hydrogen (secondary N) is 2. The maximum atomic E-state index is 12.3. The van der Waals surface area contributed by atoms with Crippen molar-refractivity contribution in [2.24, 2.45) is 0 Å². The molecule has 154 valence electrons. The summed E-state index contributed by atoms with van der Waals surface area (Å²) in [6.07, 6.45) is 0. The van der Waals surface area contributed by atoms with Crippen LogP contribution in [0, 0.1) is 0 Å². The minimum Gasteiger partial charge on any atom is -0.497 e. The van der Waals surface area contributed by atoms with Crippen molar-refractivity contribution >= 4 is 17.5 Å². The second kappa shape index (κ2) is 9.97. The first-order valence-corrected chi connectivity index (χ1v) is 9.22. The van der Waals surface area contributed by atoms with Crippen molar-refractivity contribution < 1.29 is 23.8 Å². The number of rotatable bonds is 8. The van der Waals surface area contributed by atoms with Gasteiger partial charge < -0.3 is 24.8 Å². The SMILES string of the molecule is COc1ccc(OC)c(NC(=O)CNC(=O)c2ccc(Oc3ccccc3)cc2)c1. The molecule has 0 atom stereocenters. The zero-order chi connectivity index (χ0) is 21.3. The highest BCUT2D eigenvalue weighted by molar-refractivity contribution is 6.00. The lowest BCUT2D eigenvalue weighted by atomic mass is 10.2. The third-order valence-electron chi connectivity index (χ3n) is 4.19. The third-order valence-corrected chi connectivity index (χ3v) is 4.19. The average molecular weight is 406 g/mol. The highest BCUT2D eigenvalue weighted by Gasteiger charge is 2.12. The van der Waals surface area contributed by atoms with E-state index in [1.807, 2.05) is 30.3 Å². The van der Waals surface area contributed by atoms with Crippen molar-refractivity contribution in [2.75, 3.05) is 26.1 Å². The molecule has 0 saturated carbocycles. The summed E-state index contributed by atoms with van der Waals surface area (Å²) in [7, 11) is 3.04. The molecule has 0 fully saturated rings. The summed E-state index contributed by atoms with van der Waals surface area (Å²) >= 11 is 0. The molecule has 0 aliphatic carbocycles. The van der Waals surface area contributed by atoms with E-state index in [0.29, 0.717) is 34.2 Å². The lowest BCUT2D eigenvalue weighted by Crippen LogP contribution is -2.32. The molecule has 2 amide bonds. The van der Waals surface area contributed by atoms with E-state index in [1.165, 1.54) is 14.2 Å². The molecule has 0 saturated heterocycles. The molecule has 0 heterocycles. The lowest BCUT2D eigenvalue weighted by Gasteiger charge is -2.12. The fourth-order valence-corrected chi connectivity index (χ4v) is 2.67. The van der Waals surface area contributed by atoms with Crippen LogP contribution in [0.2, 0.25) is 0 Å². The predicted molar refractivity (Wildman–Crippen MR) is 113 cm³/mol. The van der Waals surface area contributed by atoms with E-state index >= 15 is 0 Å². The van der Waals surface area contributed by atoms with Crippen molar-refractivity contribution in [3.63, 3.8) is 0 Å². The smallest absolute Gasteiger partial charge is 0.251 e. The Hall–Kier alpha value is -4.00. The van der Waals surface area contributed by atoms with Crippen molar-refractivity contribution in [1.82, 2.24) is 5.32 Å². The molecule has 3 aromatic carbocycles. The van der Waals surface area contributed by atoms with E-state index < -0.39 is 0 Å². The molecule has 0 aliphatic rings. The van der Waals surface area contributed by atoms with E-state index in [9.17, 15) is 9.59 Å². The Morgan fingerprint density at radius 1 is 0.800 bits per heavy atom. The number of hydrogen-bond acceptors (Lipinski definition) is 5. The topological polar surface area (TPSA) is 85.9 Å². The van der Waals surface area contributed by atoms with Crippen molar-refractivity contribution in [1.29, 1.82) is 0 Å². The summed E-state index contributed by atoms with van der Waals surface area (Å²) in [4.78, 5) is 24.5. The van der Waals surface area contributed by atoms with Crippen molar-refractivity contribution in [2.45, 2.75) is 0 Å². The number of ether oxygens (including phenoxy) is 3. The number of benzene rings is 3. The number of para-hydroxylation sites is 1. The van der Waals surface area contributed by atoms with E-state index in [1.54, 1.807) is 42.5 Å². The molecule has 0 radical (unpaired) electrons. The fourth-order valence-electron chi connectivity index (χ4n) is 2.67. The fraction of sp³-hybridized carbons (Fsp3) is 0.130. The Labute approximate surface area is 174 Å². The Bertz CT molecular complexity index is 1000. The molecule has 30 heavy (non-hydrogen) atoms. The maximum absolute atomic E-state index is 12.3. The molecule has 3 rings (SSSR count). The summed E-state index contributed by atoms with van der Waals surface area (Å²) in [5, 5.41) is 5.29. The summed E-state index contributed by atoms with van der Waals surface area (Å²) < 4.78 is 16.1. The van der Waals surface area contributed by atoms with Crippen LogP contribution in [0.25, 0.3) is 0 Å². The molecule has 0 aliphatic heterocycles. The highest BCUT2D eigenvalue weighted by Crippen LogP contribution is 2.28. The van der Waals surface area contributed by atoms with Crippen molar-refractivity contribution in [3.05, 3.63) is 78.4 Å². The second-order valence-corrected chi connectivity index (χ2v) is 6.24. The van der Waals surface area contributed by atoms with Gasteiger partial charge in [0, 0.05) is 11.6 Å². The van der Waals surface area contributed by atoms with Gasteiger partial charge in [-0.3, -0.25) is 9.59 Å². The van der Waals surface area contributed by atoms with Crippen LogP contribution < -0.4 is 24.8 Å². The van der Waals surface area contributed by atoms with Gasteiger partial charge in [0.05, 0.1) is 26.5 Å². The van der Waals surface area contributed by atoms with Gasteiger partial charge in [-0.15, -0.1) is 0 Å². The summed E-state index contributed by atoms with van der Waals surface area (Å²) in [6, 6.07) is 21.1. The number of amides is 2. The quantitative estimate of drug-likeness (QED) is 0.593. The normalized spacial score (nSPS) is 10.1. The number of anilines is 1. The Morgan fingerprint density at radius 2 is 1.47 bits per heavy atom. The van der Waals surface area contributed by atoms with Gasteiger partial charge in [-0.05, 0) is 48.5 Å². The zero-order valence-electron chi connectivity index (χ0n) is 16.7. The zero-order valence-corrected chi connectivity index (χ0v) is 16.7.